The van der Waals surface area contributed by atoms with E-state index in [1.54, 1.807) is 0 Å². The van der Waals surface area contributed by atoms with Gasteiger partial charge in [-0.1, -0.05) is 109 Å². The lowest BCUT2D eigenvalue weighted by Gasteiger charge is -2.17. The normalized spacial score (nSPS) is 12.5. The van der Waals surface area contributed by atoms with Crippen molar-refractivity contribution in [3.8, 4) is 17.3 Å². The van der Waals surface area contributed by atoms with Gasteiger partial charge < -0.3 is 4.57 Å². The molecule has 0 amide bonds. The van der Waals surface area contributed by atoms with Crippen LogP contribution in [0.1, 0.15) is 0 Å². The molecule has 0 saturated carbocycles. The second kappa shape index (κ2) is 12.9. The topological polar surface area (TPSA) is 40.6 Å². The Morgan fingerprint density at radius 2 is 0.621 bits per heavy atom. The molecule has 0 aliphatic carbocycles. The van der Waals surface area contributed by atoms with Gasteiger partial charge in [-0.3, -0.25) is 9.13 Å². The van der Waals surface area contributed by atoms with Crippen molar-refractivity contribution in [3.63, 3.8) is 0 Å². The molecule has 0 N–H and O–H groups in total. The third-order valence-corrected chi connectivity index (χ3v) is 17.3. The van der Waals surface area contributed by atoms with E-state index >= 15 is 0 Å². The molecule has 7 heterocycles. The number of hydrogen-bond acceptors (Lipinski definition) is 5. The first kappa shape index (κ1) is 35.5. The molecule has 7 aromatic heterocycles. The number of aromatic nitrogens is 5. The van der Waals surface area contributed by atoms with Crippen LogP contribution in [-0.4, -0.2) is 23.9 Å². The van der Waals surface area contributed by atoms with Crippen molar-refractivity contribution in [2.75, 3.05) is 0 Å². The van der Waals surface area contributed by atoms with E-state index in [0.29, 0.717) is 0 Å². The molecular weight excluding hydrogens is 863 g/mol. The minimum absolute atomic E-state index is 0.766. The van der Waals surface area contributed by atoms with Crippen LogP contribution in [0.5, 0.6) is 0 Å². The van der Waals surface area contributed by atoms with Crippen molar-refractivity contribution in [3.05, 3.63) is 188 Å². The Hall–Kier alpha value is -7.88. The second-order valence-electron chi connectivity index (χ2n) is 17.4. The van der Waals surface area contributed by atoms with Gasteiger partial charge in [0.1, 0.15) is 0 Å². The van der Waals surface area contributed by atoms with Gasteiger partial charge in [0.15, 0.2) is 11.6 Å². The predicted molar refractivity (Wildman–Crippen MR) is 284 cm³/mol. The average Bonchev–Trinajstić information content (AvgIpc) is 4.21. The van der Waals surface area contributed by atoms with Crippen molar-refractivity contribution >= 4 is 160 Å². The summed E-state index contributed by atoms with van der Waals surface area (Å²) in [6.07, 6.45) is 0. The molecule has 5 nitrogen and oxygen atoms in total. The summed E-state index contributed by atoms with van der Waals surface area (Å²) in [4.78, 5) is 0. The number of hydrogen-bond donors (Lipinski definition) is 0. The van der Waals surface area contributed by atoms with E-state index in [-0.39, 0.29) is 0 Å². The molecule has 9 aromatic carbocycles. The minimum Gasteiger partial charge on any atom is -0.306 e. The lowest BCUT2D eigenvalue weighted by Crippen LogP contribution is -2.10. The zero-order valence-corrected chi connectivity index (χ0v) is 37.3. The van der Waals surface area contributed by atoms with Crippen LogP contribution in [0, 0.1) is 0 Å². The molecule has 16 aromatic rings. The van der Waals surface area contributed by atoms with Crippen molar-refractivity contribution < 1.29 is 0 Å². The predicted octanol–water partition coefficient (Wildman–Crippen LogP) is 16.9. The first-order valence-electron chi connectivity index (χ1n) is 22.1. The Bertz CT molecular complexity index is 4780. The highest BCUT2D eigenvalue weighted by molar-refractivity contribution is 7.26. The van der Waals surface area contributed by atoms with Crippen LogP contribution in [0.2, 0.25) is 0 Å². The molecule has 8 heteroatoms. The van der Waals surface area contributed by atoms with Gasteiger partial charge >= 0.3 is 0 Å². The number of para-hydroxylation sites is 3. The largest absolute Gasteiger partial charge is 0.306 e. The van der Waals surface area contributed by atoms with Gasteiger partial charge in [0.2, 0.25) is 0 Å². The number of benzene rings is 9. The van der Waals surface area contributed by atoms with Gasteiger partial charge in [-0.15, -0.1) is 44.2 Å². The highest BCUT2D eigenvalue weighted by atomic mass is 32.1. The van der Waals surface area contributed by atoms with Crippen LogP contribution in [0.15, 0.2) is 188 Å². The van der Waals surface area contributed by atoms with Gasteiger partial charge in [0.25, 0.3) is 0 Å². The summed E-state index contributed by atoms with van der Waals surface area (Å²) in [6.45, 7) is 0. The molecule has 0 spiro atoms. The lowest BCUT2D eigenvalue weighted by atomic mass is 10.1. The van der Waals surface area contributed by atoms with Crippen molar-refractivity contribution in [1.29, 1.82) is 0 Å². The van der Waals surface area contributed by atoms with Crippen LogP contribution in [0.4, 0.5) is 0 Å². The molecule has 0 radical (unpaired) electrons. The van der Waals surface area contributed by atoms with E-state index in [4.69, 9.17) is 10.2 Å². The third-order valence-electron chi connectivity index (χ3n) is 13.9. The Morgan fingerprint density at radius 3 is 1.09 bits per heavy atom. The molecule has 16 rings (SSSR count). The Labute approximate surface area is 386 Å². The van der Waals surface area contributed by atoms with Crippen LogP contribution < -0.4 is 0 Å². The maximum Gasteiger partial charge on any atom is 0.184 e. The highest BCUT2D eigenvalue weighted by Crippen LogP contribution is 2.46. The summed E-state index contributed by atoms with van der Waals surface area (Å²) in [6, 6.07) is 69.3. The number of thiophene rings is 3. The second-order valence-corrected chi connectivity index (χ2v) is 20.6. The molecule has 0 saturated heterocycles. The smallest absolute Gasteiger partial charge is 0.184 e. The first-order valence-corrected chi connectivity index (χ1v) is 24.6. The summed E-state index contributed by atoms with van der Waals surface area (Å²) < 4.78 is 14.8. The quantitative estimate of drug-likeness (QED) is 0.177. The highest BCUT2D eigenvalue weighted by Gasteiger charge is 2.25. The molecule has 0 atom stereocenters. The van der Waals surface area contributed by atoms with Gasteiger partial charge in [-0.25, -0.2) is 0 Å². The Morgan fingerprint density at radius 1 is 0.258 bits per heavy atom. The van der Waals surface area contributed by atoms with Crippen molar-refractivity contribution in [2.24, 2.45) is 0 Å². The molecule has 0 fully saturated rings. The van der Waals surface area contributed by atoms with Gasteiger partial charge in [0.05, 0.1) is 38.8 Å². The monoisotopic (exact) mass is 893 g/mol. The number of nitrogens with zero attached hydrogens (tertiary/aromatic N) is 5. The Balaban J connectivity index is 1.06. The molecule has 0 aliphatic rings. The van der Waals surface area contributed by atoms with Crippen molar-refractivity contribution in [1.82, 2.24) is 23.9 Å². The van der Waals surface area contributed by atoms with E-state index in [2.05, 4.69) is 202 Å². The van der Waals surface area contributed by atoms with E-state index in [1.807, 2.05) is 34.0 Å². The van der Waals surface area contributed by atoms with Gasteiger partial charge in [-0.2, -0.15) is 0 Å². The molecule has 66 heavy (non-hydrogen) atoms. The summed E-state index contributed by atoms with van der Waals surface area (Å²) in [5.41, 5.74) is 7.63. The lowest BCUT2D eigenvalue weighted by molar-refractivity contribution is 0.891. The average molecular weight is 894 g/mol. The Kier molecular flexibility index (Phi) is 6.93. The molecule has 0 bridgehead atoms. The van der Waals surface area contributed by atoms with Gasteiger partial charge in [-0.05, 0) is 72.8 Å². The minimum atomic E-state index is 0.766. The van der Waals surface area contributed by atoms with Crippen LogP contribution >= 0.6 is 34.0 Å². The standard InChI is InChI=1S/C58H31N5S3/c1-7-19-44-32(13-1)38-25-41-35-16-4-10-22-51(35)64-54(41)28-47(38)61(44)50-31-57(62-45-20-8-2-14-33(45)39-26-42-36-17-5-11-23-52(36)65-55(42)29-48(39)62)59-60-58(50)63-46-21-9-3-15-34(46)40-27-43-37-18-6-12-24-53(37)66-56(43)30-49(40)63/h1-31H. The number of rotatable bonds is 3. The summed E-state index contributed by atoms with van der Waals surface area (Å²) in [7, 11) is 0. The van der Waals surface area contributed by atoms with E-state index in [1.165, 1.54) is 92.8 Å². The fourth-order valence-electron chi connectivity index (χ4n) is 11.1. The maximum absolute atomic E-state index is 5.46. The van der Waals surface area contributed by atoms with Crippen LogP contribution in [0.25, 0.3) is 143 Å². The zero-order valence-electron chi connectivity index (χ0n) is 34.9. The molecule has 0 unspecified atom stereocenters. The van der Waals surface area contributed by atoms with E-state index < -0.39 is 0 Å². The van der Waals surface area contributed by atoms with Gasteiger partial charge in [0, 0.05) is 98.9 Å². The van der Waals surface area contributed by atoms with Crippen LogP contribution in [0.3, 0.4) is 0 Å². The molecule has 306 valence electrons. The fraction of sp³-hybridized carbons (Fsp3) is 0. The summed E-state index contributed by atoms with van der Waals surface area (Å²) >= 11 is 5.55. The maximum atomic E-state index is 5.46. The molecule has 0 aliphatic heterocycles. The summed E-state index contributed by atoms with van der Waals surface area (Å²) in [5.74, 6) is 1.54. The third kappa shape index (κ3) is 4.67. The van der Waals surface area contributed by atoms with E-state index in [0.717, 1.165) is 50.4 Å². The molecular formula is C58H31N5S3. The number of fused-ring (bicyclic) bond motifs is 18. The van der Waals surface area contributed by atoms with E-state index in [9.17, 15) is 0 Å². The first-order chi connectivity index (χ1) is 32.7. The fourth-order valence-corrected chi connectivity index (χ4v) is 14.5. The zero-order chi connectivity index (χ0) is 42.8. The van der Waals surface area contributed by atoms with Crippen LogP contribution in [-0.2, 0) is 0 Å². The van der Waals surface area contributed by atoms with Crippen molar-refractivity contribution in [2.45, 2.75) is 0 Å². The summed E-state index contributed by atoms with van der Waals surface area (Å²) in [5, 5.41) is 25.7. The SMILES string of the molecule is c1ccc2c(c1)sc1cc3c(cc12)c1ccccc1n3-c1cc(-n2c3ccccc3c3cc4c(cc32)sc2ccccc24)c(-n2c3ccccc3c3cc4c(cc32)sc2ccccc24)nn1.